The topological polar surface area (TPSA) is 49.4 Å². The molecule has 38 heavy (non-hydrogen) atoms. The zero-order valence-corrected chi connectivity index (χ0v) is 24.0. The lowest BCUT2D eigenvalue weighted by Gasteiger charge is -2.32. The fraction of sp³-hybridized carbons (Fsp3) is 0.355. The molecule has 1 atom stereocenters. The van der Waals surface area contributed by atoms with Gasteiger partial charge in [-0.1, -0.05) is 102 Å². The molecule has 1 aliphatic carbocycles. The van der Waals surface area contributed by atoms with Crippen molar-refractivity contribution < 1.29 is 9.59 Å². The number of hydrogen-bond acceptors (Lipinski definition) is 3. The molecule has 0 aromatic heterocycles. The molecule has 4 rings (SSSR count). The maximum atomic E-state index is 13.8. The normalized spacial score (nSPS) is 14.3. The summed E-state index contributed by atoms with van der Waals surface area (Å²) in [4.78, 5) is 29.3. The van der Waals surface area contributed by atoms with Crippen molar-refractivity contribution in [1.82, 2.24) is 10.2 Å². The van der Waals surface area contributed by atoms with Gasteiger partial charge in [-0.2, -0.15) is 0 Å². The SMILES string of the molecule is Cc1cccc(CSCC(=O)N(Cc2ccc(Cl)cc2Cl)[C@@H](Cc2ccccc2)C(=O)NC2CCCC2)c1. The van der Waals surface area contributed by atoms with Crippen LogP contribution in [0, 0.1) is 6.92 Å². The van der Waals surface area contributed by atoms with Crippen LogP contribution in [0.1, 0.15) is 47.9 Å². The fourth-order valence-electron chi connectivity index (χ4n) is 4.90. The molecule has 1 aliphatic rings. The molecule has 4 nitrogen and oxygen atoms in total. The zero-order chi connectivity index (χ0) is 26.9. The molecule has 0 spiro atoms. The second-order valence-corrected chi connectivity index (χ2v) is 11.8. The molecule has 0 heterocycles. The average Bonchev–Trinajstić information content (AvgIpc) is 3.41. The lowest BCUT2D eigenvalue weighted by atomic mass is 10.0. The van der Waals surface area contributed by atoms with Crippen LogP contribution < -0.4 is 5.32 Å². The number of thioether (sulfide) groups is 1. The van der Waals surface area contributed by atoms with Gasteiger partial charge in [0.15, 0.2) is 0 Å². The summed E-state index contributed by atoms with van der Waals surface area (Å²) >= 11 is 14.2. The first-order valence-corrected chi connectivity index (χ1v) is 15.0. The molecule has 3 aromatic rings. The summed E-state index contributed by atoms with van der Waals surface area (Å²) in [7, 11) is 0. The van der Waals surface area contributed by atoms with Gasteiger partial charge in [-0.05, 0) is 48.6 Å². The van der Waals surface area contributed by atoms with Crippen LogP contribution in [0.3, 0.4) is 0 Å². The summed E-state index contributed by atoms with van der Waals surface area (Å²) in [6.07, 6.45) is 4.62. The number of benzene rings is 3. The largest absolute Gasteiger partial charge is 0.352 e. The van der Waals surface area contributed by atoms with E-state index in [4.69, 9.17) is 23.2 Å². The molecule has 0 bridgehead atoms. The summed E-state index contributed by atoms with van der Waals surface area (Å²) in [5, 5.41) is 4.25. The molecule has 0 radical (unpaired) electrons. The molecule has 2 amide bonds. The van der Waals surface area contributed by atoms with Gasteiger partial charge >= 0.3 is 0 Å². The van der Waals surface area contributed by atoms with Crippen LogP contribution in [0.5, 0.6) is 0 Å². The van der Waals surface area contributed by atoms with Crippen molar-refractivity contribution in [3.63, 3.8) is 0 Å². The lowest BCUT2D eigenvalue weighted by molar-refractivity contribution is -0.139. The molecule has 0 unspecified atom stereocenters. The Balaban J connectivity index is 1.59. The number of aryl methyl sites for hydroxylation is 1. The summed E-state index contributed by atoms with van der Waals surface area (Å²) in [6, 6.07) is 23.0. The van der Waals surface area contributed by atoms with E-state index in [0.29, 0.717) is 16.5 Å². The van der Waals surface area contributed by atoms with Crippen LogP contribution in [0.2, 0.25) is 10.0 Å². The van der Waals surface area contributed by atoms with Gasteiger partial charge < -0.3 is 10.2 Å². The molecule has 7 heteroatoms. The summed E-state index contributed by atoms with van der Waals surface area (Å²) in [5.41, 5.74) is 4.14. The van der Waals surface area contributed by atoms with E-state index in [1.54, 1.807) is 28.8 Å². The Morgan fingerprint density at radius 3 is 2.42 bits per heavy atom. The summed E-state index contributed by atoms with van der Waals surface area (Å²) in [5.74, 6) is 0.793. The van der Waals surface area contributed by atoms with Gasteiger partial charge in [0.05, 0.1) is 5.75 Å². The van der Waals surface area contributed by atoms with E-state index >= 15 is 0 Å². The van der Waals surface area contributed by atoms with E-state index < -0.39 is 6.04 Å². The Bertz CT molecular complexity index is 1230. The molecule has 1 saturated carbocycles. The molecule has 3 aromatic carbocycles. The number of halogens is 2. The van der Waals surface area contributed by atoms with Crippen molar-refractivity contribution in [2.45, 2.75) is 63.4 Å². The van der Waals surface area contributed by atoms with Crippen molar-refractivity contribution in [1.29, 1.82) is 0 Å². The third kappa shape index (κ3) is 8.26. The van der Waals surface area contributed by atoms with Crippen LogP contribution in [0.15, 0.2) is 72.8 Å². The van der Waals surface area contributed by atoms with E-state index in [0.717, 1.165) is 42.6 Å². The average molecular weight is 570 g/mol. The summed E-state index contributed by atoms with van der Waals surface area (Å²) in [6.45, 7) is 2.30. The Morgan fingerprint density at radius 2 is 1.71 bits per heavy atom. The quantitative estimate of drug-likeness (QED) is 0.265. The number of nitrogens with zero attached hydrogens (tertiary/aromatic N) is 1. The Morgan fingerprint density at radius 1 is 0.974 bits per heavy atom. The predicted octanol–water partition coefficient (Wildman–Crippen LogP) is 7.23. The van der Waals surface area contributed by atoms with E-state index in [2.05, 4.69) is 30.4 Å². The van der Waals surface area contributed by atoms with Crippen molar-refractivity contribution in [3.8, 4) is 0 Å². The summed E-state index contributed by atoms with van der Waals surface area (Å²) < 4.78 is 0. The highest BCUT2D eigenvalue weighted by Crippen LogP contribution is 2.26. The van der Waals surface area contributed by atoms with Crippen LogP contribution in [-0.2, 0) is 28.3 Å². The first-order chi connectivity index (χ1) is 18.4. The Kier molecular flexibility index (Phi) is 10.6. The zero-order valence-electron chi connectivity index (χ0n) is 21.7. The predicted molar refractivity (Wildman–Crippen MR) is 159 cm³/mol. The van der Waals surface area contributed by atoms with Gasteiger partial charge in [-0.3, -0.25) is 9.59 Å². The highest BCUT2D eigenvalue weighted by atomic mass is 35.5. The molecule has 0 saturated heterocycles. The first kappa shape index (κ1) is 28.5. The second kappa shape index (κ2) is 14.1. The monoisotopic (exact) mass is 568 g/mol. The minimum absolute atomic E-state index is 0.0869. The number of amides is 2. The molecular weight excluding hydrogens is 535 g/mol. The molecule has 1 N–H and O–H groups in total. The number of carbonyl (C=O) groups is 2. The molecule has 200 valence electrons. The number of nitrogens with one attached hydrogen (secondary N) is 1. The minimum Gasteiger partial charge on any atom is -0.352 e. The molecule has 0 aliphatic heterocycles. The second-order valence-electron chi connectivity index (χ2n) is 9.93. The number of hydrogen-bond donors (Lipinski definition) is 1. The number of rotatable bonds is 11. The van der Waals surface area contributed by atoms with Crippen LogP contribution in [0.25, 0.3) is 0 Å². The van der Waals surface area contributed by atoms with E-state index in [1.165, 1.54) is 11.1 Å². The van der Waals surface area contributed by atoms with Crippen molar-refractivity contribution in [2.75, 3.05) is 5.75 Å². The van der Waals surface area contributed by atoms with Gasteiger partial charge in [0.25, 0.3) is 0 Å². The smallest absolute Gasteiger partial charge is 0.243 e. The Hall–Kier alpha value is -2.47. The van der Waals surface area contributed by atoms with E-state index in [1.807, 2.05) is 42.5 Å². The highest BCUT2D eigenvalue weighted by Gasteiger charge is 2.32. The van der Waals surface area contributed by atoms with Crippen LogP contribution in [0.4, 0.5) is 0 Å². The van der Waals surface area contributed by atoms with Gasteiger partial charge in [-0.15, -0.1) is 11.8 Å². The third-order valence-electron chi connectivity index (χ3n) is 6.91. The maximum absolute atomic E-state index is 13.8. The van der Waals surface area contributed by atoms with Crippen LogP contribution in [-0.4, -0.2) is 34.6 Å². The van der Waals surface area contributed by atoms with Crippen molar-refractivity contribution in [3.05, 3.63) is 105 Å². The van der Waals surface area contributed by atoms with Crippen molar-refractivity contribution >= 4 is 46.8 Å². The third-order valence-corrected chi connectivity index (χ3v) is 8.48. The Labute approximate surface area is 240 Å². The molecular formula is C31H34Cl2N2O2S. The lowest BCUT2D eigenvalue weighted by Crippen LogP contribution is -2.52. The van der Waals surface area contributed by atoms with E-state index in [9.17, 15) is 9.59 Å². The molecule has 1 fully saturated rings. The van der Waals surface area contributed by atoms with Gasteiger partial charge in [0.2, 0.25) is 11.8 Å². The van der Waals surface area contributed by atoms with Gasteiger partial charge in [0, 0.05) is 34.8 Å². The maximum Gasteiger partial charge on any atom is 0.243 e. The minimum atomic E-state index is -0.656. The first-order valence-electron chi connectivity index (χ1n) is 13.1. The number of carbonyl (C=O) groups excluding carboxylic acids is 2. The standard InChI is InChI=1S/C31H34Cl2N2O2S/c1-22-8-7-11-24(16-22)20-38-21-30(36)35(19-25-14-15-26(32)18-28(25)33)29(17-23-9-3-2-4-10-23)31(37)34-27-12-5-6-13-27/h2-4,7-11,14-16,18,27,29H,5-6,12-13,17,19-21H2,1H3,(H,34,37)/t29-/m0/s1. The fourth-order valence-corrected chi connectivity index (χ4v) is 6.22. The van der Waals surface area contributed by atoms with Gasteiger partial charge in [0.1, 0.15) is 6.04 Å². The van der Waals surface area contributed by atoms with Crippen molar-refractivity contribution in [2.24, 2.45) is 0 Å². The highest BCUT2D eigenvalue weighted by molar-refractivity contribution is 7.99. The van der Waals surface area contributed by atoms with E-state index in [-0.39, 0.29) is 30.2 Å². The van der Waals surface area contributed by atoms with Gasteiger partial charge in [-0.25, -0.2) is 0 Å². The van der Waals surface area contributed by atoms with Crippen LogP contribution >= 0.6 is 35.0 Å².